The van der Waals surface area contributed by atoms with Gasteiger partial charge in [-0.3, -0.25) is 4.79 Å². The van der Waals surface area contributed by atoms with Crippen LogP contribution in [0.5, 0.6) is 0 Å². The lowest BCUT2D eigenvalue weighted by Gasteiger charge is -2.09. The summed E-state index contributed by atoms with van der Waals surface area (Å²) in [5.74, 6) is -0.305. The average molecular weight is 286 g/mol. The monoisotopic (exact) mass is 286 g/mol. The Morgan fingerprint density at radius 2 is 1.86 bits per heavy atom. The van der Waals surface area contributed by atoms with E-state index in [9.17, 15) is 9.18 Å². The molecule has 0 aliphatic heterocycles. The van der Waals surface area contributed by atoms with Crippen molar-refractivity contribution in [3.05, 3.63) is 65.0 Å². The molecule has 0 heterocycles. The highest BCUT2D eigenvalue weighted by Gasteiger charge is 2.05. The third-order valence-corrected chi connectivity index (χ3v) is 3.17. The summed E-state index contributed by atoms with van der Waals surface area (Å²) in [6, 6.07) is 12.2. The van der Waals surface area contributed by atoms with Gasteiger partial charge in [-0.1, -0.05) is 17.7 Å². The highest BCUT2D eigenvalue weighted by molar-refractivity contribution is 5.94. The molecule has 2 rings (SSSR count). The molecule has 4 heteroatoms. The van der Waals surface area contributed by atoms with Crippen molar-refractivity contribution >= 4 is 11.6 Å². The molecule has 0 unspecified atom stereocenters. The van der Waals surface area contributed by atoms with E-state index in [2.05, 4.69) is 10.6 Å². The summed E-state index contributed by atoms with van der Waals surface area (Å²) >= 11 is 0. The van der Waals surface area contributed by atoms with Gasteiger partial charge in [-0.15, -0.1) is 0 Å². The van der Waals surface area contributed by atoms with Gasteiger partial charge in [0, 0.05) is 29.9 Å². The van der Waals surface area contributed by atoms with Gasteiger partial charge < -0.3 is 10.6 Å². The van der Waals surface area contributed by atoms with Crippen LogP contribution in [-0.2, 0) is 6.54 Å². The van der Waals surface area contributed by atoms with E-state index in [4.69, 9.17) is 0 Å². The van der Waals surface area contributed by atoms with Gasteiger partial charge in [-0.25, -0.2) is 4.39 Å². The minimum atomic E-state index is -0.216. The minimum Gasteiger partial charge on any atom is -0.381 e. The van der Waals surface area contributed by atoms with Gasteiger partial charge in [-0.05, 0) is 44.2 Å². The van der Waals surface area contributed by atoms with Crippen molar-refractivity contribution in [1.29, 1.82) is 0 Å². The first-order chi connectivity index (χ1) is 10.1. The molecule has 0 aromatic heterocycles. The van der Waals surface area contributed by atoms with Crippen molar-refractivity contribution < 1.29 is 9.18 Å². The summed E-state index contributed by atoms with van der Waals surface area (Å²) < 4.78 is 13.6. The molecule has 0 saturated carbocycles. The Bertz CT molecular complexity index is 623. The first-order valence-corrected chi connectivity index (χ1v) is 6.97. The van der Waals surface area contributed by atoms with Crippen LogP contribution in [-0.4, -0.2) is 12.5 Å². The van der Waals surface area contributed by atoms with Gasteiger partial charge in [-0.2, -0.15) is 0 Å². The molecule has 110 valence electrons. The molecule has 0 radical (unpaired) electrons. The van der Waals surface area contributed by atoms with E-state index >= 15 is 0 Å². The zero-order valence-corrected chi connectivity index (χ0v) is 12.2. The van der Waals surface area contributed by atoms with Crippen molar-refractivity contribution in [3.8, 4) is 0 Å². The fourth-order valence-electron chi connectivity index (χ4n) is 2.04. The van der Waals surface area contributed by atoms with Crippen LogP contribution >= 0.6 is 0 Å². The van der Waals surface area contributed by atoms with Gasteiger partial charge in [0.25, 0.3) is 5.91 Å². The summed E-state index contributed by atoms with van der Waals surface area (Å²) in [6.07, 6.45) is 0. The summed E-state index contributed by atoms with van der Waals surface area (Å²) in [6.45, 7) is 4.83. The fourth-order valence-corrected chi connectivity index (χ4v) is 2.04. The predicted octanol–water partition coefficient (Wildman–Crippen LogP) is 3.50. The number of carbonyl (C=O) groups is 1. The van der Waals surface area contributed by atoms with Crippen molar-refractivity contribution in [1.82, 2.24) is 5.32 Å². The maximum atomic E-state index is 13.6. The second-order valence-corrected chi connectivity index (χ2v) is 4.89. The second kappa shape index (κ2) is 6.88. The van der Waals surface area contributed by atoms with E-state index in [1.54, 1.807) is 18.2 Å². The quantitative estimate of drug-likeness (QED) is 0.883. The molecule has 0 spiro atoms. The van der Waals surface area contributed by atoms with Crippen LogP contribution in [0, 0.1) is 12.7 Å². The highest BCUT2D eigenvalue weighted by Crippen LogP contribution is 2.14. The van der Waals surface area contributed by atoms with E-state index < -0.39 is 0 Å². The Kier molecular flexibility index (Phi) is 4.93. The Labute approximate surface area is 124 Å². The third kappa shape index (κ3) is 4.05. The van der Waals surface area contributed by atoms with Crippen LogP contribution in [0.4, 0.5) is 10.1 Å². The molecule has 0 saturated heterocycles. The Morgan fingerprint density at radius 3 is 2.52 bits per heavy atom. The number of benzene rings is 2. The smallest absolute Gasteiger partial charge is 0.251 e. The van der Waals surface area contributed by atoms with E-state index in [0.29, 0.717) is 24.2 Å². The number of anilines is 1. The summed E-state index contributed by atoms with van der Waals surface area (Å²) in [7, 11) is 0. The molecule has 2 aromatic carbocycles. The van der Waals surface area contributed by atoms with Gasteiger partial charge >= 0.3 is 0 Å². The van der Waals surface area contributed by atoms with Gasteiger partial charge in [0.1, 0.15) is 5.82 Å². The fraction of sp³-hybridized carbons (Fsp3) is 0.235. The molecular formula is C17H19FN2O. The SMILES string of the molecule is CCNC(=O)c1ccc(NCc2cc(C)ccc2F)cc1. The van der Waals surface area contributed by atoms with E-state index in [-0.39, 0.29) is 11.7 Å². The van der Waals surface area contributed by atoms with Crippen molar-refractivity contribution in [2.45, 2.75) is 20.4 Å². The van der Waals surface area contributed by atoms with Gasteiger partial charge in [0.05, 0.1) is 0 Å². The third-order valence-electron chi connectivity index (χ3n) is 3.17. The highest BCUT2D eigenvalue weighted by atomic mass is 19.1. The van der Waals surface area contributed by atoms with Gasteiger partial charge in [0.15, 0.2) is 0 Å². The zero-order valence-electron chi connectivity index (χ0n) is 12.2. The maximum Gasteiger partial charge on any atom is 0.251 e. The molecule has 1 amide bonds. The number of aryl methyl sites for hydroxylation is 1. The number of amides is 1. The average Bonchev–Trinajstić information content (AvgIpc) is 2.49. The second-order valence-electron chi connectivity index (χ2n) is 4.89. The minimum absolute atomic E-state index is 0.0891. The lowest BCUT2D eigenvalue weighted by molar-refractivity contribution is 0.0956. The topological polar surface area (TPSA) is 41.1 Å². The van der Waals surface area contributed by atoms with Crippen molar-refractivity contribution in [2.75, 3.05) is 11.9 Å². The van der Waals surface area contributed by atoms with E-state index in [1.165, 1.54) is 6.07 Å². The summed E-state index contributed by atoms with van der Waals surface area (Å²) in [4.78, 5) is 11.6. The standard InChI is InChI=1S/C17H19FN2O/c1-3-19-17(21)13-5-7-15(8-6-13)20-11-14-10-12(2)4-9-16(14)18/h4-10,20H,3,11H2,1-2H3,(H,19,21). The van der Waals surface area contributed by atoms with Crippen LogP contribution in [0.3, 0.4) is 0 Å². The number of hydrogen-bond acceptors (Lipinski definition) is 2. The molecule has 0 aliphatic rings. The molecular weight excluding hydrogens is 267 g/mol. The van der Waals surface area contributed by atoms with Gasteiger partial charge in [0.2, 0.25) is 0 Å². The van der Waals surface area contributed by atoms with Crippen LogP contribution in [0.1, 0.15) is 28.4 Å². The van der Waals surface area contributed by atoms with Crippen LogP contribution < -0.4 is 10.6 Å². The van der Waals surface area contributed by atoms with E-state index in [0.717, 1.165) is 11.3 Å². The summed E-state index contributed by atoms with van der Waals surface area (Å²) in [5.41, 5.74) is 3.12. The van der Waals surface area contributed by atoms with Crippen LogP contribution in [0.2, 0.25) is 0 Å². The Balaban J connectivity index is 2.00. The Morgan fingerprint density at radius 1 is 1.14 bits per heavy atom. The molecule has 0 atom stereocenters. The van der Waals surface area contributed by atoms with Crippen molar-refractivity contribution in [3.63, 3.8) is 0 Å². The number of hydrogen-bond donors (Lipinski definition) is 2. The van der Waals surface area contributed by atoms with E-state index in [1.807, 2.05) is 32.0 Å². The van der Waals surface area contributed by atoms with Crippen molar-refractivity contribution in [2.24, 2.45) is 0 Å². The number of carbonyl (C=O) groups excluding carboxylic acids is 1. The maximum absolute atomic E-state index is 13.6. The molecule has 0 bridgehead atoms. The predicted molar refractivity (Wildman–Crippen MR) is 82.9 cm³/mol. The zero-order chi connectivity index (χ0) is 15.2. The number of nitrogens with one attached hydrogen (secondary N) is 2. The molecule has 3 nitrogen and oxygen atoms in total. The summed E-state index contributed by atoms with van der Waals surface area (Å²) in [5, 5.41) is 5.90. The van der Waals surface area contributed by atoms with Crippen LogP contribution in [0.15, 0.2) is 42.5 Å². The molecule has 2 aromatic rings. The lowest BCUT2D eigenvalue weighted by Crippen LogP contribution is -2.22. The normalized spacial score (nSPS) is 10.2. The molecule has 21 heavy (non-hydrogen) atoms. The molecule has 0 fully saturated rings. The Hall–Kier alpha value is -2.36. The number of rotatable bonds is 5. The number of halogens is 1. The first-order valence-electron chi connectivity index (χ1n) is 6.97. The first kappa shape index (κ1) is 15.0. The molecule has 0 aliphatic carbocycles. The molecule has 2 N–H and O–H groups in total. The largest absolute Gasteiger partial charge is 0.381 e. The van der Waals surface area contributed by atoms with Crippen LogP contribution in [0.25, 0.3) is 0 Å². The lowest BCUT2D eigenvalue weighted by atomic mass is 10.1.